The zero-order valence-electron chi connectivity index (χ0n) is 29.0. The van der Waals surface area contributed by atoms with Crippen LogP contribution >= 0.6 is 0 Å². The van der Waals surface area contributed by atoms with Gasteiger partial charge in [0.25, 0.3) is 0 Å². The van der Waals surface area contributed by atoms with Crippen molar-refractivity contribution in [3.05, 3.63) is 65.9 Å². The van der Waals surface area contributed by atoms with Gasteiger partial charge in [-0.1, -0.05) is 50.6 Å². The Morgan fingerprint density at radius 2 is 1.78 bits per heavy atom. The topological polar surface area (TPSA) is 171 Å². The van der Waals surface area contributed by atoms with Gasteiger partial charge in [-0.05, 0) is 48.1 Å². The van der Waals surface area contributed by atoms with Gasteiger partial charge in [0.1, 0.15) is 30.5 Å². The van der Waals surface area contributed by atoms with Crippen molar-refractivity contribution in [2.75, 3.05) is 40.0 Å². The number of amides is 5. The van der Waals surface area contributed by atoms with Crippen LogP contribution in [0.5, 0.6) is 5.75 Å². The molecule has 0 unspecified atom stereocenters. The SMILES string of the molecule is COCCN1CC(=O)N[C@@H](C(C)C)C(=O)NCCOc2ccc(cc2)C[C@H](NC(=O)C2CCC2)C(=O)N[C@@H](Cc2c[nH]c3ccccc23)C1=O. The molecule has 1 saturated carbocycles. The molecule has 3 aromatic rings. The smallest absolute Gasteiger partial charge is 0.246 e. The Morgan fingerprint density at radius 1 is 1.02 bits per heavy atom. The average Bonchev–Trinajstić information content (AvgIpc) is 3.48. The molecule has 3 heterocycles. The first-order valence-electron chi connectivity index (χ1n) is 17.3. The minimum Gasteiger partial charge on any atom is -0.492 e. The van der Waals surface area contributed by atoms with Crippen LogP contribution in [0.3, 0.4) is 0 Å². The number of methoxy groups -OCH3 is 1. The molecular weight excluding hydrogens is 640 g/mol. The second kappa shape index (κ2) is 17.1. The Bertz CT molecular complexity index is 1650. The zero-order valence-corrected chi connectivity index (χ0v) is 29.0. The summed E-state index contributed by atoms with van der Waals surface area (Å²) in [6.45, 7) is 3.88. The molecule has 0 saturated heterocycles. The molecule has 6 rings (SSSR count). The number of rotatable bonds is 8. The van der Waals surface area contributed by atoms with Gasteiger partial charge in [0, 0.05) is 49.5 Å². The molecule has 3 aliphatic rings. The molecule has 5 N–H and O–H groups in total. The van der Waals surface area contributed by atoms with Crippen LogP contribution in [0, 0.1) is 11.8 Å². The van der Waals surface area contributed by atoms with E-state index in [-0.39, 0.29) is 69.3 Å². The zero-order chi connectivity index (χ0) is 35.6. The Morgan fingerprint density at radius 3 is 2.48 bits per heavy atom. The Balaban J connectivity index is 1.50. The van der Waals surface area contributed by atoms with Gasteiger partial charge in [0.2, 0.25) is 29.5 Å². The number of carbonyl (C=O) groups excluding carboxylic acids is 5. The van der Waals surface area contributed by atoms with Gasteiger partial charge in [-0.2, -0.15) is 0 Å². The first-order chi connectivity index (χ1) is 24.1. The molecule has 3 atom stereocenters. The standard InChI is InChI=1S/C37H48N6O7/c1-23(2)33-36(47)38-15-17-50-27-13-11-24(12-14-27)19-30(40-34(45)25-7-6-8-25)35(46)41-31(20-26-21-39-29-10-5-4-9-28(26)29)37(48)43(16-18-49-3)22-32(44)42-33/h4-5,9-14,21,23,25,30-31,33,39H,6-8,15-20,22H2,1-3H3,(H,38,47)(H,40,45)(H,41,46)(H,42,44)/t30-,31-,33-/m0/s1. The molecule has 0 radical (unpaired) electrons. The highest BCUT2D eigenvalue weighted by Crippen LogP contribution is 2.27. The second-order valence-corrected chi connectivity index (χ2v) is 13.3. The molecule has 2 aliphatic heterocycles. The molecule has 2 aromatic carbocycles. The van der Waals surface area contributed by atoms with Crippen LogP contribution in [0.25, 0.3) is 10.9 Å². The summed E-state index contributed by atoms with van der Waals surface area (Å²) in [5, 5.41) is 12.4. The third kappa shape index (κ3) is 9.41. The second-order valence-electron chi connectivity index (χ2n) is 13.3. The molecule has 0 spiro atoms. The average molecular weight is 689 g/mol. The summed E-state index contributed by atoms with van der Waals surface area (Å²) in [5.74, 6) is -1.92. The number of hydrogen-bond acceptors (Lipinski definition) is 7. The number of aromatic nitrogens is 1. The number of H-pyrrole nitrogens is 1. The lowest BCUT2D eigenvalue weighted by molar-refractivity contribution is -0.141. The predicted octanol–water partition coefficient (Wildman–Crippen LogP) is 1.85. The highest BCUT2D eigenvalue weighted by Gasteiger charge is 2.34. The summed E-state index contributed by atoms with van der Waals surface area (Å²) in [6, 6.07) is 11.9. The lowest BCUT2D eigenvalue weighted by atomic mass is 9.84. The minimum atomic E-state index is -1.10. The van der Waals surface area contributed by atoms with Gasteiger partial charge in [-0.15, -0.1) is 0 Å². The third-order valence-electron chi connectivity index (χ3n) is 9.33. The first kappa shape index (κ1) is 36.4. The number of carbonyl (C=O) groups is 5. The van der Waals surface area contributed by atoms with E-state index in [0.717, 1.165) is 41.3 Å². The van der Waals surface area contributed by atoms with E-state index in [4.69, 9.17) is 9.47 Å². The van der Waals surface area contributed by atoms with E-state index in [9.17, 15) is 24.0 Å². The van der Waals surface area contributed by atoms with Crippen LogP contribution in [-0.4, -0.2) is 97.5 Å². The molecule has 50 heavy (non-hydrogen) atoms. The van der Waals surface area contributed by atoms with Gasteiger partial charge in [0.15, 0.2) is 0 Å². The van der Waals surface area contributed by atoms with Crippen LogP contribution in [0.4, 0.5) is 0 Å². The number of ether oxygens (including phenoxy) is 2. The van der Waals surface area contributed by atoms with Crippen LogP contribution in [0.15, 0.2) is 54.7 Å². The lowest BCUT2D eigenvalue weighted by Gasteiger charge is -2.31. The maximum absolute atomic E-state index is 14.4. The third-order valence-corrected chi connectivity index (χ3v) is 9.33. The molecule has 1 aliphatic carbocycles. The van der Waals surface area contributed by atoms with E-state index < -0.39 is 35.8 Å². The fourth-order valence-corrected chi connectivity index (χ4v) is 6.19. The van der Waals surface area contributed by atoms with Gasteiger partial charge >= 0.3 is 0 Å². The molecule has 1 fully saturated rings. The van der Waals surface area contributed by atoms with E-state index in [1.807, 2.05) is 50.2 Å². The number of hydrogen-bond donors (Lipinski definition) is 5. The fraction of sp³-hybridized carbons (Fsp3) is 0.486. The number of benzene rings is 2. The van der Waals surface area contributed by atoms with Crippen molar-refractivity contribution in [1.82, 2.24) is 31.2 Å². The van der Waals surface area contributed by atoms with E-state index in [2.05, 4.69) is 26.3 Å². The maximum atomic E-state index is 14.4. The van der Waals surface area contributed by atoms with Gasteiger partial charge in [0.05, 0.1) is 19.7 Å². The fourth-order valence-electron chi connectivity index (χ4n) is 6.19. The summed E-state index contributed by atoms with van der Waals surface area (Å²) in [6.07, 6.45) is 4.60. The lowest BCUT2D eigenvalue weighted by Crippen LogP contribution is -2.58. The Labute approximate surface area is 292 Å². The van der Waals surface area contributed by atoms with Gasteiger partial charge in [-0.3, -0.25) is 24.0 Å². The maximum Gasteiger partial charge on any atom is 0.246 e. The van der Waals surface area contributed by atoms with Crippen molar-refractivity contribution in [2.24, 2.45) is 11.8 Å². The number of fused-ring (bicyclic) bond motifs is 18. The molecule has 268 valence electrons. The highest BCUT2D eigenvalue weighted by molar-refractivity contribution is 5.95. The van der Waals surface area contributed by atoms with Crippen LogP contribution in [0.1, 0.15) is 44.2 Å². The number of para-hydroxylation sites is 1. The normalized spacial score (nSPS) is 21.6. The predicted molar refractivity (Wildman–Crippen MR) is 187 cm³/mol. The first-order valence-corrected chi connectivity index (χ1v) is 17.3. The molecule has 2 bridgehead atoms. The number of nitrogens with one attached hydrogen (secondary N) is 5. The van der Waals surface area contributed by atoms with E-state index >= 15 is 0 Å². The van der Waals surface area contributed by atoms with Crippen molar-refractivity contribution < 1.29 is 33.4 Å². The van der Waals surface area contributed by atoms with Gasteiger partial charge in [-0.25, -0.2) is 0 Å². The Hall–Kier alpha value is -4.91. The van der Waals surface area contributed by atoms with Crippen LogP contribution in [0.2, 0.25) is 0 Å². The molecular formula is C37H48N6O7. The van der Waals surface area contributed by atoms with Crippen molar-refractivity contribution in [3.63, 3.8) is 0 Å². The van der Waals surface area contributed by atoms with Crippen molar-refractivity contribution in [3.8, 4) is 5.75 Å². The largest absolute Gasteiger partial charge is 0.492 e. The van der Waals surface area contributed by atoms with Crippen molar-refractivity contribution in [2.45, 2.75) is 64.1 Å². The van der Waals surface area contributed by atoms with Crippen molar-refractivity contribution in [1.29, 1.82) is 0 Å². The summed E-state index contributed by atoms with van der Waals surface area (Å²) >= 11 is 0. The quantitative estimate of drug-likeness (QED) is 0.225. The molecule has 13 nitrogen and oxygen atoms in total. The van der Waals surface area contributed by atoms with Crippen molar-refractivity contribution >= 4 is 40.4 Å². The molecule has 13 heteroatoms. The van der Waals surface area contributed by atoms with Crippen LogP contribution < -0.4 is 26.0 Å². The monoisotopic (exact) mass is 688 g/mol. The Kier molecular flexibility index (Phi) is 12.5. The summed E-state index contributed by atoms with van der Waals surface area (Å²) < 4.78 is 11.1. The van der Waals surface area contributed by atoms with Crippen LogP contribution in [-0.2, 0) is 41.6 Å². The van der Waals surface area contributed by atoms with E-state index in [0.29, 0.717) is 5.75 Å². The van der Waals surface area contributed by atoms with E-state index in [1.165, 1.54) is 12.0 Å². The molecule has 1 aromatic heterocycles. The van der Waals surface area contributed by atoms with E-state index in [1.54, 1.807) is 18.3 Å². The van der Waals surface area contributed by atoms with Gasteiger partial charge < -0.3 is 40.6 Å². The highest BCUT2D eigenvalue weighted by atomic mass is 16.5. The summed E-state index contributed by atoms with van der Waals surface area (Å²) in [5.41, 5.74) is 2.46. The minimum absolute atomic E-state index is 0.0626. The molecule has 5 amide bonds. The number of aromatic amines is 1. The summed E-state index contributed by atoms with van der Waals surface area (Å²) in [7, 11) is 1.49. The number of nitrogens with zero attached hydrogens (tertiary/aromatic N) is 1. The summed E-state index contributed by atoms with van der Waals surface area (Å²) in [4.78, 5) is 72.9.